The molecule has 1 rings (SSSR count). The van der Waals surface area contributed by atoms with Gasteiger partial charge < -0.3 is 0 Å². The van der Waals surface area contributed by atoms with E-state index in [1.807, 2.05) is 0 Å². The molecule has 64 valence electrons. The van der Waals surface area contributed by atoms with Crippen LogP contribution in [0.1, 0.15) is 5.56 Å². The van der Waals surface area contributed by atoms with Crippen molar-refractivity contribution in [2.75, 3.05) is 0 Å². The third-order valence-corrected chi connectivity index (χ3v) is 1.21. The van der Waals surface area contributed by atoms with E-state index >= 15 is 0 Å². The third kappa shape index (κ3) is 1.78. The van der Waals surface area contributed by atoms with Crippen LogP contribution < -0.4 is 0 Å². The lowest BCUT2D eigenvalue weighted by atomic mass is 10.4. The standard InChI is InChI=1S/C7H5F3N2/c1-2-3-12-5-6(4-11-12)7(8,9)10/h1,4-5H,3H2. The highest BCUT2D eigenvalue weighted by Gasteiger charge is 2.31. The van der Waals surface area contributed by atoms with Crippen molar-refractivity contribution in [3.63, 3.8) is 0 Å². The van der Waals surface area contributed by atoms with E-state index in [4.69, 9.17) is 6.42 Å². The minimum absolute atomic E-state index is 0.0517. The van der Waals surface area contributed by atoms with Gasteiger partial charge in [-0.2, -0.15) is 18.3 Å². The first kappa shape index (κ1) is 8.65. The van der Waals surface area contributed by atoms with Crippen LogP contribution in [-0.2, 0) is 12.7 Å². The molecule has 0 saturated carbocycles. The van der Waals surface area contributed by atoms with Gasteiger partial charge in [-0.1, -0.05) is 5.92 Å². The Morgan fingerprint density at radius 3 is 2.67 bits per heavy atom. The van der Waals surface area contributed by atoms with Crippen molar-refractivity contribution in [3.05, 3.63) is 18.0 Å². The van der Waals surface area contributed by atoms with Crippen molar-refractivity contribution in [2.24, 2.45) is 0 Å². The van der Waals surface area contributed by atoms with Crippen molar-refractivity contribution in [2.45, 2.75) is 12.7 Å². The summed E-state index contributed by atoms with van der Waals surface area (Å²) < 4.78 is 36.9. The molecule has 0 saturated heterocycles. The van der Waals surface area contributed by atoms with Crippen LogP contribution in [0.25, 0.3) is 0 Å². The highest BCUT2D eigenvalue weighted by molar-refractivity contribution is 5.08. The first-order chi connectivity index (χ1) is 5.54. The predicted octanol–water partition coefficient (Wildman–Crippen LogP) is 1.54. The van der Waals surface area contributed by atoms with Crippen molar-refractivity contribution < 1.29 is 13.2 Å². The Labute approximate surface area is 67.0 Å². The number of aromatic nitrogens is 2. The molecule has 0 aliphatic carbocycles. The van der Waals surface area contributed by atoms with Gasteiger partial charge in [0.1, 0.15) is 6.54 Å². The fourth-order valence-corrected chi connectivity index (χ4v) is 0.690. The average Bonchev–Trinajstić information content (AvgIpc) is 2.35. The van der Waals surface area contributed by atoms with Crippen LogP contribution in [0.2, 0.25) is 0 Å². The van der Waals surface area contributed by atoms with E-state index in [9.17, 15) is 13.2 Å². The molecular weight excluding hydrogens is 169 g/mol. The molecule has 0 N–H and O–H groups in total. The summed E-state index contributed by atoms with van der Waals surface area (Å²) in [5.74, 6) is 2.18. The highest BCUT2D eigenvalue weighted by Crippen LogP contribution is 2.28. The predicted molar refractivity (Wildman–Crippen MR) is 36.1 cm³/mol. The van der Waals surface area contributed by atoms with Crippen molar-refractivity contribution >= 4 is 0 Å². The smallest absolute Gasteiger partial charge is 0.260 e. The first-order valence-electron chi connectivity index (χ1n) is 3.07. The number of nitrogens with zero attached hydrogens (tertiary/aromatic N) is 2. The fraction of sp³-hybridized carbons (Fsp3) is 0.286. The lowest BCUT2D eigenvalue weighted by molar-refractivity contribution is -0.137. The molecule has 1 heterocycles. The van der Waals surface area contributed by atoms with Crippen LogP contribution in [0.4, 0.5) is 13.2 Å². The first-order valence-corrected chi connectivity index (χ1v) is 3.07. The lowest BCUT2D eigenvalue weighted by Gasteiger charge is -1.99. The highest BCUT2D eigenvalue weighted by atomic mass is 19.4. The maximum absolute atomic E-state index is 11.9. The molecule has 0 atom stereocenters. The maximum Gasteiger partial charge on any atom is 0.419 e. The zero-order chi connectivity index (χ0) is 9.19. The molecule has 0 aliphatic heterocycles. The van der Waals surface area contributed by atoms with Gasteiger partial charge in [-0.05, 0) is 0 Å². The van der Waals surface area contributed by atoms with Gasteiger partial charge in [0.15, 0.2) is 0 Å². The molecule has 1 aromatic heterocycles. The van der Waals surface area contributed by atoms with Gasteiger partial charge >= 0.3 is 6.18 Å². The van der Waals surface area contributed by atoms with Crippen LogP contribution in [0.15, 0.2) is 12.4 Å². The second-order valence-electron chi connectivity index (χ2n) is 2.13. The van der Waals surface area contributed by atoms with Crippen molar-refractivity contribution in [3.8, 4) is 12.3 Å². The number of rotatable bonds is 1. The Morgan fingerprint density at radius 2 is 2.25 bits per heavy atom. The van der Waals surface area contributed by atoms with Crippen LogP contribution >= 0.6 is 0 Å². The monoisotopic (exact) mass is 174 g/mol. The molecule has 12 heavy (non-hydrogen) atoms. The molecular formula is C7H5F3N2. The molecule has 0 fully saturated rings. The van der Waals surface area contributed by atoms with E-state index in [-0.39, 0.29) is 6.54 Å². The molecule has 0 aliphatic rings. The van der Waals surface area contributed by atoms with Gasteiger partial charge in [-0.15, -0.1) is 6.42 Å². The zero-order valence-corrected chi connectivity index (χ0v) is 5.97. The van der Waals surface area contributed by atoms with E-state index in [2.05, 4.69) is 11.0 Å². The molecule has 0 aromatic carbocycles. The largest absolute Gasteiger partial charge is 0.419 e. The molecule has 1 aromatic rings. The van der Waals surface area contributed by atoms with Crippen molar-refractivity contribution in [1.29, 1.82) is 0 Å². The van der Waals surface area contributed by atoms with Crippen molar-refractivity contribution in [1.82, 2.24) is 9.78 Å². The van der Waals surface area contributed by atoms with Gasteiger partial charge in [0.2, 0.25) is 0 Å². The molecule has 5 heteroatoms. The summed E-state index contributed by atoms with van der Waals surface area (Å²) in [6.45, 7) is 0.0517. The van der Waals surface area contributed by atoms with E-state index in [0.717, 1.165) is 17.1 Å². The Morgan fingerprint density at radius 1 is 1.58 bits per heavy atom. The summed E-state index contributed by atoms with van der Waals surface area (Å²) in [7, 11) is 0. The maximum atomic E-state index is 11.9. The summed E-state index contributed by atoms with van der Waals surface area (Å²) in [6, 6.07) is 0. The van der Waals surface area contributed by atoms with E-state index in [1.165, 1.54) is 0 Å². The Hall–Kier alpha value is -1.44. The minimum atomic E-state index is -4.34. The average molecular weight is 174 g/mol. The molecule has 0 spiro atoms. The Balaban J connectivity index is 2.86. The SMILES string of the molecule is C#CCn1cc(C(F)(F)F)cn1. The zero-order valence-electron chi connectivity index (χ0n) is 5.97. The summed E-state index contributed by atoms with van der Waals surface area (Å²) in [5, 5.41) is 3.43. The molecule has 0 unspecified atom stereocenters. The van der Waals surface area contributed by atoms with Crippen LogP contribution in [-0.4, -0.2) is 9.78 Å². The van der Waals surface area contributed by atoms with E-state index in [0.29, 0.717) is 0 Å². The lowest BCUT2D eigenvalue weighted by Crippen LogP contribution is -2.03. The Kier molecular flexibility index (Phi) is 2.09. The second-order valence-corrected chi connectivity index (χ2v) is 2.13. The number of halogens is 3. The number of hydrogen-bond acceptors (Lipinski definition) is 1. The third-order valence-electron chi connectivity index (χ3n) is 1.21. The van der Waals surface area contributed by atoms with E-state index in [1.54, 1.807) is 0 Å². The summed E-state index contributed by atoms with van der Waals surface area (Å²) >= 11 is 0. The minimum Gasteiger partial charge on any atom is -0.260 e. The van der Waals surface area contributed by atoms with Gasteiger partial charge in [-0.3, -0.25) is 4.68 Å². The normalized spacial score (nSPS) is 11.2. The Bertz CT molecular complexity index is 305. The summed E-state index contributed by atoms with van der Waals surface area (Å²) in [5.41, 5.74) is -0.780. The number of terminal acetylenes is 1. The molecule has 0 radical (unpaired) electrons. The number of alkyl halides is 3. The van der Waals surface area contributed by atoms with E-state index < -0.39 is 11.7 Å². The van der Waals surface area contributed by atoms with Crippen LogP contribution in [0, 0.1) is 12.3 Å². The molecule has 2 nitrogen and oxygen atoms in total. The molecule has 0 amide bonds. The fourth-order valence-electron chi connectivity index (χ4n) is 0.690. The topological polar surface area (TPSA) is 17.8 Å². The quantitative estimate of drug-likeness (QED) is 0.590. The van der Waals surface area contributed by atoms with Crippen LogP contribution in [0.5, 0.6) is 0 Å². The van der Waals surface area contributed by atoms with Gasteiger partial charge in [0, 0.05) is 6.20 Å². The van der Waals surface area contributed by atoms with Gasteiger partial charge in [0.25, 0.3) is 0 Å². The summed E-state index contributed by atoms with van der Waals surface area (Å²) in [6.07, 6.45) is 2.17. The van der Waals surface area contributed by atoms with Crippen LogP contribution in [0.3, 0.4) is 0 Å². The summed E-state index contributed by atoms with van der Waals surface area (Å²) in [4.78, 5) is 0. The van der Waals surface area contributed by atoms with Gasteiger partial charge in [-0.25, -0.2) is 0 Å². The molecule has 0 bridgehead atoms. The number of hydrogen-bond donors (Lipinski definition) is 0. The second kappa shape index (κ2) is 2.89. The van der Waals surface area contributed by atoms with Gasteiger partial charge in [0.05, 0.1) is 11.8 Å².